The van der Waals surface area contributed by atoms with E-state index in [1.54, 1.807) is 18.5 Å². The number of nitrogens with zero attached hydrogens (tertiary/aromatic N) is 5. The Labute approximate surface area is 169 Å². The molecule has 1 amide bonds. The molecule has 0 saturated carbocycles. The van der Waals surface area contributed by atoms with Crippen LogP contribution in [0.15, 0.2) is 53.8 Å². The molecule has 1 aliphatic heterocycles. The highest BCUT2D eigenvalue weighted by atomic mass is 79.9. The number of aromatic nitrogens is 2. The van der Waals surface area contributed by atoms with E-state index >= 15 is 0 Å². The second kappa shape index (κ2) is 10.5. The molecule has 2 aromatic rings. The van der Waals surface area contributed by atoms with E-state index in [4.69, 9.17) is 5.73 Å². The fourth-order valence-corrected chi connectivity index (χ4v) is 2.76. The third kappa shape index (κ3) is 6.21. The zero-order valence-electron chi connectivity index (χ0n) is 15.0. The summed E-state index contributed by atoms with van der Waals surface area (Å²) in [6.45, 7) is 3.32. The van der Waals surface area contributed by atoms with Gasteiger partial charge in [0.15, 0.2) is 5.96 Å². The van der Waals surface area contributed by atoms with E-state index < -0.39 is 0 Å². The molecule has 0 atom stereocenters. The summed E-state index contributed by atoms with van der Waals surface area (Å²) in [6, 6.07) is 11.3. The number of nitrogens with two attached hydrogens (primary N) is 1. The van der Waals surface area contributed by atoms with Gasteiger partial charge in [0.2, 0.25) is 5.91 Å². The van der Waals surface area contributed by atoms with Crippen molar-refractivity contribution in [1.29, 1.82) is 0 Å². The maximum absolute atomic E-state index is 12.3. The number of carbonyl (C=O) groups excluding carboxylic acids is 1. The molecule has 1 fully saturated rings. The van der Waals surface area contributed by atoms with Gasteiger partial charge in [0.25, 0.3) is 0 Å². The Bertz CT molecular complexity index is 734. The van der Waals surface area contributed by atoms with Gasteiger partial charge in [0, 0.05) is 45.0 Å². The number of hydrogen-bond acceptors (Lipinski definition) is 5. The minimum atomic E-state index is 0. The summed E-state index contributed by atoms with van der Waals surface area (Å²) in [7, 11) is 0. The minimum Gasteiger partial charge on any atom is -0.370 e. The molecule has 2 aromatic heterocycles. The highest BCUT2D eigenvalue weighted by Crippen LogP contribution is 2.13. The SMILES string of the molecule is Br.NC(=NCCC(=O)N1CCN(c2ccccn2)CC1)Nc1ccccn1. The number of halogens is 1. The fourth-order valence-electron chi connectivity index (χ4n) is 2.76. The molecule has 1 aliphatic rings. The number of piperazine rings is 1. The lowest BCUT2D eigenvalue weighted by Crippen LogP contribution is -2.49. The molecule has 8 nitrogen and oxygen atoms in total. The Hall–Kier alpha value is -2.68. The molecule has 3 N–H and O–H groups in total. The Balaban J connectivity index is 0.00000261. The number of carbonyl (C=O) groups is 1. The molecule has 0 radical (unpaired) electrons. The lowest BCUT2D eigenvalue weighted by molar-refractivity contribution is -0.131. The Kier molecular flexibility index (Phi) is 8.00. The first-order chi connectivity index (χ1) is 12.7. The van der Waals surface area contributed by atoms with Crippen LogP contribution in [0.2, 0.25) is 0 Å². The van der Waals surface area contributed by atoms with E-state index in [9.17, 15) is 4.79 Å². The highest BCUT2D eigenvalue weighted by molar-refractivity contribution is 8.93. The van der Waals surface area contributed by atoms with Crippen LogP contribution in [-0.4, -0.2) is 59.5 Å². The largest absolute Gasteiger partial charge is 0.370 e. The second-order valence-electron chi connectivity index (χ2n) is 5.91. The molecule has 27 heavy (non-hydrogen) atoms. The number of pyridine rings is 2. The van der Waals surface area contributed by atoms with Crippen molar-refractivity contribution in [3.63, 3.8) is 0 Å². The molecule has 0 unspecified atom stereocenters. The number of hydrogen-bond donors (Lipinski definition) is 2. The van der Waals surface area contributed by atoms with Crippen molar-refractivity contribution in [2.24, 2.45) is 10.7 Å². The van der Waals surface area contributed by atoms with Crippen LogP contribution in [0.4, 0.5) is 11.6 Å². The standard InChI is InChI=1S/C18H23N7O.BrH/c19-18(23-15-5-1-3-8-20-15)22-10-7-17(26)25-13-11-24(12-14-25)16-6-2-4-9-21-16;/h1-6,8-9H,7,10-14H2,(H3,19,20,22,23);1H. The smallest absolute Gasteiger partial charge is 0.224 e. The molecular weight excluding hydrogens is 410 g/mol. The number of nitrogens with one attached hydrogen (secondary N) is 1. The van der Waals surface area contributed by atoms with Gasteiger partial charge < -0.3 is 20.9 Å². The second-order valence-corrected chi connectivity index (χ2v) is 5.91. The molecule has 3 rings (SSSR count). The average molecular weight is 434 g/mol. The fraction of sp³-hybridized carbons (Fsp3) is 0.333. The Morgan fingerprint density at radius 2 is 1.78 bits per heavy atom. The van der Waals surface area contributed by atoms with E-state index in [2.05, 4.69) is 25.2 Å². The van der Waals surface area contributed by atoms with Gasteiger partial charge in [0.1, 0.15) is 11.6 Å². The molecule has 0 spiro atoms. The van der Waals surface area contributed by atoms with Crippen LogP contribution in [0.25, 0.3) is 0 Å². The number of rotatable bonds is 5. The molecule has 0 aliphatic carbocycles. The van der Waals surface area contributed by atoms with Crippen molar-refractivity contribution < 1.29 is 4.79 Å². The molecule has 144 valence electrons. The van der Waals surface area contributed by atoms with E-state index in [-0.39, 0.29) is 28.8 Å². The predicted octanol–water partition coefficient (Wildman–Crippen LogP) is 1.52. The van der Waals surface area contributed by atoms with Crippen LogP contribution >= 0.6 is 17.0 Å². The summed E-state index contributed by atoms with van der Waals surface area (Å²) < 4.78 is 0. The summed E-state index contributed by atoms with van der Waals surface area (Å²) in [5.41, 5.74) is 5.81. The predicted molar refractivity (Wildman–Crippen MR) is 112 cm³/mol. The first-order valence-corrected chi connectivity index (χ1v) is 8.64. The molecule has 1 saturated heterocycles. The van der Waals surface area contributed by atoms with Gasteiger partial charge >= 0.3 is 0 Å². The van der Waals surface area contributed by atoms with Gasteiger partial charge in [-0.05, 0) is 24.3 Å². The van der Waals surface area contributed by atoms with E-state index in [0.29, 0.717) is 31.9 Å². The summed E-state index contributed by atoms with van der Waals surface area (Å²) in [5.74, 6) is 1.94. The number of amides is 1. The third-order valence-electron chi connectivity index (χ3n) is 4.13. The molecule has 0 bridgehead atoms. The lowest BCUT2D eigenvalue weighted by Gasteiger charge is -2.35. The van der Waals surface area contributed by atoms with E-state index in [1.807, 2.05) is 35.2 Å². The summed E-state index contributed by atoms with van der Waals surface area (Å²) in [5, 5.41) is 2.90. The van der Waals surface area contributed by atoms with Gasteiger partial charge in [0.05, 0.1) is 6.54 Å². The maximum Gasteiger partial charge on any atom is 0.224 e. The number of guanidine groups is 1. The van der Waals surface area contributed by atoms with Gasteiger partial charge in [-0.1, -0.05) is 12.1 Å². The first kappa shape index (κ1) is 20.6. The van der Waals surface area contributed by atoms with Crippen molar-refractivity contribution in [3.05, 3.63) is 48.8 Å². The molecule has 9 heteroatoms. The maximum atomic E-state index is 12.3. The summed E-state index contributed by atoms with van der Waals surface area (Å²) in [4.78, 5) is 29.1. The zero-order valence-corrected chi connectivity index (χ0v) is 16.7. The highest BCUT2D eigenvalue weighted by Gasteiger charge is 2.21. The van der Waals surface area contributed by atoms with Gasteiger partial charge in [-0.15, -0.1) is 17.0 Å². The average Bonchev–Trinajstić information content (AvgIpc) is 2.69. The van der Waals surface area contributed by atoms with Crippen molar-refractivity contribution in [2.75, 3.05) is 42.9 Å². The Morgan fingerprint density at radius 1 is 1.07 bits per heavy atom. The quantitative estimate of drug-likeness (QED) is 0.547. The van der Waals surface area contributed by atoms with Crippen molar-refractivity contribution in [2.45, 2.75) is 6.42 Å². The topological polar surface area (TPSA) is 99.7 Å². The van der Waals surface area contributed by atoms with Crippen LogP contribution in [0.5, 0.6) is 0 Å². The minimum absolute atomic E-state index is 0. The van der Waals surface area contributed by atoms with Crippen LogP contribution in [-0.2, 0) is 4.79 Å². The van der Waals surface area contributed by atoms with E-state index in [0.717, 1.165) is 18.9 Å². The summed E-state index contributed by atoms with van der Waals surface area (Å²) >= 11 is 0. The number of aliphatic imine (C=N–C) groups is 1. The van der Waals surface area contributed by atoms with Crippen molar-refractivity contribution >= 4 is 40.5 Å². The normalized spacial score (nSPS) is 14.4. The van der Waals surface area contributed by atoms with Crippen molar-refractivity contribution in [3.8, 4) is 0 Å². The Morgan fingerprint density at radius 3 is 2.41 bits per heavy atom. The van der Waals surface area contributed by atoms with Gasteiger partial charge in [-0.3, -0.25) is 9.79 Å². The number of anilines is 2. The van der Waals surface area contributed by atoms with Crippen LogP contribution in [0, 0.1) is 0 Å². The third-order valence-corrected chi connectivity index (χ3v) is 4.13. The van der Waals surface area contributed by atoms with Gasteiger partial charge in [-0.25, -0.2) is 9.97 Å². The first-order valence-electron chi connectivity index (χ1n) is 8.64. The monoisotopic (exact) mass is 433 g/mol. The molecule has 3 heterocycles. The van der Waals surface area contributed by atoms with E-state index in [1.165, 1.54) is 0 Å². The molecule has 0 aromatic carbocycles. The van der Waals surface area contributed by atoms with Crippen molar-refractivity contribution in [1.82, 2.24) is 14.9 Å². The van der Waals surface area contributed by atoms with Crippen LogP contribution in [0.3, 0.4) is 0 Å². The zero-order chi connectivity index (χ0) is 18.2. The van der Waals surface area contributed by atoms with Crippen LogP contribution < -0.4 is 16.0 Å². The molecular formula is C18H24BrN7O. The lowest BCUT2D eigenvalue weighted by atomic mass is 10.2. The van der Waals surface area contributed by atoms with Crippen LogP contribution in [0.1, 0.15) is 6.42 Å². The summed E-state index contributed by atoms with van der Waals surface area (Å²) in [6.07, 6.45) is 3.80. The van der Waals surface area contributed by atoms with Gasteiger partial charge in [-0.2, -0.15) is 0 Å².